The average molecular weight is 601 g/mol. The van der Waals surface area contributed by atoms with E-state index in [4.69, 9.17) is 8.92 Å². The van der Waals surface area contributed by atoms with Crippen molar-refractivity contribution in [3.63, 3.8) is 0 Å². The highest BCUT2D eigenvalue weighted by atomic mass is 79.9. The standard InChI is InChI=1S/C20H21Br2F2NO6S/c1-20(2,3)30-19(27)25(4)10-15(26)11-5-7-12(8-6-11)31-32(28,29)18-16(22)14(23)9-13(21)17(18)24/h5-9,15,26H,10H2,1-4H3. The largest absolute Gasteiger partial charge is 0.444 e. The van der Waals surface area contributed by atoms with Crippen molar-refractivity contribution in [2.75, 3.05) is 13.6 Å². The predicted octanol–water partition coefficient (Wildman–Crippen LogP) is 5.16. The van der Waals surface area contributed by atoms with Crippen LogP contribution in [0.4, 0.5) is 13.6 Å². The van der Waals surface area contributed by atoms with E-state index in [-0.39, 0.29) is 16.8 Å². The molecule has 1 unspecified atom stereocenters. The second-order valence-electron chi connectivity index (χ2n) is 7.78. The monoisotopic (exact) mass is 599 g/mol. The van der Waals surface area contributed by atoms with E-state index in [1.54, 1.807) is 20.8 Å². The van der Waals surface area contributed by atoms with Crippen molar-refractivity contribution in [2.45, 2.75) is 37.4 Å². The van der Waals surface area contributed by atoms with Crippen LogP contribution in [0.1, 0.15) is 32.4 Å². The van der Waals surface area contributed by atoms with Crippen molar-refractivity contribution in [1.29, 1.82) is 0 Å². The third kappa shape index (κ3) is 6.63. The quantitative estimate of drug-likeness (QED) is 0.364. The number of carbonyl (C=O) groups is 1. The topological polar surface area (TPSA) is 93.1 Å². The molecule has 1 amide bonds. The summed E-state index contributed by atoms with van der Waals surface area (Å²) >= 11 is 5.49. The van der Waals surface area contributed by atoms with Crippen LogP contribution in [0.3, 0.4) is 0 Å². The highest BCUT2D eigenvalue weighted by molar-refractivity contribution is 9.11. The van der Waals surface area contributed by atoms with Crippen LogP contribution in [-0.2, 0) is 14.9 Å². The molecule has 0 heterocycles. The number of halogens is 4. The summed E-state index contributed by atoms with van der Waals surface area (Å²) in [5.41, 5.74) is -0.321. The first-order valence-electron chi connectivity index (χ1n) is 9.12. The molecule has 0 saturated heterocycles. The molecule has 2 aromatic carbocycles. The van der Waals surface area contributed by atoms with Crippen LogP contribution in [0.2, 0.25) is 0 Å². The lowest BCUT2D eigenvalue weighted by atomic mass is 10.1. The number of aliphatic hydroxyl groups is 1. The van der Waals surface area contributed by atoms with Gasteiger partial charge in [0.25, 0.3) is 0 Å². The molecule has 12 heteroatoms. The van der Waals surface area contributed by atoms with Gasteiger partial charge in [-0.15, -0.1) is 0 Å². The Morgan fingerprint density at radius 3 is 2.28 bits per heavy atom. The van der Waals surface area contributed by atoms with Gasteiger partial charge in [0.1, 0.15) is 17.2 Å². The summed E-state index contributed by atoms with van der Waals surface area (Å²) in [6, 6.07) is 6.02. The molecule has 0 saturated carbocycles. The summed E-state index contributed by atoms with van der Waals surface area (Å²) in [4.78, 5) is 12.2. The molecule has 2 aromatic rings. The zero-order valence-electron chi connectivity index (χ0n) is 17.5. The molecule has 0 fully saturated rings. The van der Waals surface area contributed by atoms with Crippen LogP contribution in [-0.4, -0.2) is 43.7 Å². The highest BCUT2D eigenvalue weighted by Crippen LogP contribution is 2.34. The lowest BCUT2D eigenvalue weighted by Crippen LogP contribution is -2.36. The Labute approximate surface area is 201 Å². The van der Waals surface area contributed by atoms with Gasteiger partial charge in [-0.3, -0.25) is 0 Å². The molecule has 0 aliphatic carbocycles. The van der Waals surface area contributed by atoms with E-state index in [1.807, 2.05) is 0 Å². The molecule has 7 nitrogen and oxygen atoms in total. The van der Waals surface area contributed by atoms with Crippen LogP contribution in [0, 0.1) is 11.6 Å². The molecule has 0 radical (unpaired) electrons. The van der Waals surface area contributed by atoms with Gasteiger partial charge in [0.15, 0.2) is 10.7 Å². The van der Waals surface area contributed by atoms with Gasteiger partial charge in [-0.2, -0.15) is 8.42 Å². The Hall–Kier alpha value is -1.76. The number of hydrogen-bond acceptors (Lipinski definition) is 6. The fourth-order valence-corrected chi connectivity index (χ4v) is 4.97. The molecular weight excluding hydrogens is 580 g/mol. The van der Waals surface area contributed by atoms with Gasteiger partial charge in [0.05, 0.1) is 21.6 Å². The minimum atomic E-state index is -4.72. The van der Waals surface area contributed by atoms with Crippen LogP contribution in [0.15, 0.2) is 44.2 Å². The van der Waals surface area contributed by atoms with E-state index < -0.39 is 48.9 Å². The molecule has 0 aliphatic rings. The number of nitrogens with zero attached hydrogens (tertiary/aromatic N) is 1. The van der Waals surface area contributed by atoms with Gasteiger partial charge in [-0.25, -0.2) is 13.6 Å². The summed E-state index contributed by atoms with van der Waals surface area (Å²) in [7, 11) is -3.26. The number of rotatable bonds is 6. The van der Waals surface area contributed by atoms with Gasteiger partial charge >= 0.3 is 16.2 Å². The summed E-state index contributed by atoms with van der Waals surface area (Å²) in [5, 5.41) is 10.4. The smallest absolute Gasteiger partial charge is 0.410 e. The van der Waals surface area contributed by atoms with Crippen molar-refractivity contribution in [1.82, 2.24) is 4.90 Å². The van der Waals surface area contributed by atoms with Crippen molar-refractivity contribution >= 4 is 48.1 Å². The third-order valence-corrected chi connectivity index (χ3v) is 6.85. The SMILES string of the molecule is CN(CC(O)c1ccc(OS(=O)(=O)c2c(F)c(Br)cc(F)c2Br)cc1)C(=O)OC(C)(C)C. The zero-order valence-corrected chi connectivity index (χ0v) is 21.5. The molecule has 0 spiro atoms. The molecule has 32 heavy (non-hydrogen) atoms. The van der Waals surface area contributed by atoms with E-state index in [0.717, 1.165) is 6.07 Å². The van der Waals surface area contributed by atoms with Gasteiger partial charge in [-0.1, -0.05) is 12.1 Å². The summed E-state index contributed by atoms with van der Waals surface area (Å²) in [5.74, 6) is -2.39. The number of ether oxygens (including phenoxy) is 1. The number of amides is 1. The maximum absolute atomic E-state index is 14.3. The van der Waals surface area contributed by atoms with Crippen LogP contribution in [0.25, 0.3) is 0 Å². The van der Waals surface area contributed by atoms with Gasteiger partial charge in [-0.05, 0) is 76.4 Å². The summed E-state index contributed by atoms with van der Waals surface area (Å²) in [6.07, 6.45) is -1.71. The van der Waals surface area contributed by atoms with Gasteiger partial charge < -0.3 is 18.9 Å². The Balaban J connectivity index is 2.15. The first kappa shape index (κ1) is 26.5. The first-order valence-corrected chi connectivity index (χ1v) is 12.1. The molecular formula is C20H21Br2F2NO6S. The molecule has 2 rings (SSSR count). The van der Waals surface area contributed by atoms with E-state index >= 15 is 0 Å². The lowest BCUT2D eigenvalue weighted by Gasteiger charge is -2.26. The highest BCUT2D eigenvalue weighted by Gasteiger charge is 2.29. The number of carbonyl (C=O) groups excluding carboxylic acids is 1. The van der Waals surface area contributed by atoms with Crippen LogP contribution >= 0.6 is 31.9 Å². The average Bonchev–Trinajstić information content (AvgIpc) is 2.65. The van der Waals surface area contributed by atoms with Crippen LogP contribution in [0.5, 0.6) is 5.75 Å². The summed E-state index contributed by atoms with van der Waals surface area (Å²) < 4.78 is 62.4. The number of benzene rings is 2. The number of aliphatic hydroxyl groups excluding tert-OH is 1. The summed E-state index contributed by atoms with van der Waals surface area (Å²) in [6.45, 7) is 5.07. The van der Waals surface area contributed by atoms with Crippen molar-refractivity contribution in [3.05, 3.63) is 56.5 Å². The maximum atomic E-state index is 14.3. The van der Waals surface area contributed by atoms with Crippen molar-refractivity contribution in [2.24, 2.45) is 0 Å². The Morgan fingerprint density at radius 1 is 1.19 bits per heavy atom. The van der Waals surface area contributed by atoms with Gasteiger partial charge in [0.2, 0.25) is 0 Å². The fourth-order valence-electron chi connectivity index (χ4n) is 2.46. The normalized spacial score (nSPS) is 12.9. The van der Waals surface area contributed by atoms with E-state index in [0.29, 0.717) is 5.56 Å². The minimum absolute atomic E-state index is 0.0805. The molecule has 176 valence electrons. The predicted molar refractivity (Wildman–Crippen MR) is 120 cm³/mol. The van der Waals surface area contributed by atoms with E-state index in [2.05, 4.69) is 31.9 Å². The van der Waals surface area contributed by atoms with Gasteiger partial charge in [0, 0.05) is 7.05 Å². The lowest BCUT2D eigenvalue weighted by molar-refractivity contribution is 0.0205. The molecule has 0 aliphatic heterocycles. The molecule has 0 bridgehead atoms. The van der Waals surface area contributed by atoms with Crippen molar-refractivity contribution in [3.8, 4) is 5.75 Å². The molecule has 0 aromatic heterocycles. The van der Waals surface area contributed by atoms with E-state index in [9.17, 15) is 27.1 Å². The Morgan fingerprint density at radius 2 is 1.75 bits per heavy atom. The zero-order chi connectivity index (χ0) is 24.4. The van der Waals surface area contributed by atoms with Crippen LogP contribution < -0.4 is 4.18 Å². The second kappa shape index (κ2) is 10.0. The Bertz CT molecular complexity index is 1080. The Kier molecular flexibility index (Phi) is 8.30. The molecule has 1 N–H and O–H groups in total. The maximum Gasteiger partial charge on any atom is 0.410 e. The second-order valence-corrected chi connectivity index (χ2v) is 10.9. The van der Waals surface area contributed by atoms with Crippen molar-refractivity contribution < 1.29 is 36.0 Å². The molecule has 1 atom stereocenters. The third-order valence-electron chi connectivity index (χ3n) is 3.94. The number of hydrogen-bond donors (Lipinski definition) is 1. The minimum Gasteiger partial charge on any atom is -0.444 e. The number of likely N-dealkylation sites (N-methyl/N-ethyl adjacent to an activating group) is 1. The fraction of sp³-hybridized carbons (Fsp3) is 0.350. The van der Waals surface area contributed by atoms with E-state index in [1.165, 1.54) is 36.2 Å². The first-order chi connectivity index (χ1) is 14.6.